The Morgan fingerprint density at radius 1 is 1.60 bits per heavy atom. The highest BCUT2D eigenvalue weighted by Crippen LogP contribution is 2.17. The van der Waals surface area contributed by atoms with E-state index in [1.807, 2.05) is 6.08 Å². The molecule has 0 aromatic carbocycles. The molecule has 0 aromatic rings. The van der Waals surface area contributed by atoms with Crippen molar-refractivity contribution in [2.75, 3.05) is 0 Å². The molecule has 0 aliphatic heterocycles. The van der Waals surface area contributed by atoms with Crippen molar-refractivity contribution in [3.63, 3.8) is 0 Å². The van der Waals surface area contributed by atoms with Gasteiger partial charge in [-0.1, -0.05) is 38.3 Å². The Morgan fingerprint density at radius 3 is 2.50 bits per heavy atom. The smallest absolute Gasteiger partial charge is 0.0295 e. The normalized spacial score (nSPS) is 12.7. The van der Waals surface area contributed by atoms with Crippen molar-refractivity contribution in [3.8, 4) is 0 Å². The van der Waals surface area contributed by atoms with Gasteiger partial charge >= 0.3 is 0 Å². The predicted octanol–water partition coefficient (Wildman–Crippen LogP) is 3.41. The molecule has 2 radical (unpaired) electrons. The summed E-state index contributed by atoms with van der Waals surface area (Å²) in [7, 11) is 0. The maximum absolute atomic E-state index is 3.90. The molecule has 0 nitrogen and oxygen atoms in total. The molecule has 1 unspecified atom stereocenters. The van der Waals surface area contributed by atoms with Crippen molar-refractivity contribution in [2.24, 2.45) is 5.92 Å². The number of rotatable bonds is 4. The molecule has 0 aromatic heterocycles. The van der Waals surface area contributed by atoms with E-state index in [2.05, 4.69) is 27.7 Å². The first kappa shape index (κ1) is 9.74. The van der Waals surface area contributed by atoms with E-state index >= 15 is 0 Å². The second-order valence-corrected chi connectivity index (χ2v) is 2.82. The zero-order valence-electron chi connectivity index (χ0n) is 7.19. The van der Waals surface area contributed by atoms with Crippen LogP contribution in [-0.2, 0) is 0 Å². The molecule has 0 heterocycles. The van der Waals surface area contributed by atoms with Gasteiger partial charge in [0, 0.05) is 0 Å². The van der Waals surface area contributed by atoms with E-state index in [-0.39, 0.29) is 0 Å². The molecule has 0 aliphatic carbocycles. The molecule has 58 valence electrons. The molecule has 0 fully saturated rings. The Bertz CT molecular complexity index is 96.6. The zero-order chi connectivity index (χ0) is 7.98. The van der Waals surface area contributed by atoms with Crippen LogP contribution in [0.2, 0.25) is 0 Å². The van der Waals surface area contributed by atoms with Crippen molar-refractivity contribution in [3.05, 3.63) is 25.5 Å². The molecule has 0 heteroatoms. The van der Waals surface area contributed by atoms with E-state index in [1.54, 1.807) is 0 Å². The van der Waals surface area contributed by atoms with Crippen LogP contribution in [0.25, 0.3) is 0 Å². The van der Waals surface area contributed by atoms with Gasteiger partial charge in [-0.25, -0.2) is 0 Å². The number of allylic oxidation sites excluding steroid dienone is 2. The third-order valence-corrected chi connectivity index (χ3v) is 1.94. The van der Waals surface area contributed by atoms with Crippen LogP contribution < -0.4 is 0 Å². The Hall–Kier alpha value is -0.260. The minimum absolute atomic E-state index is 0.762. The van der Waals surface area contributed by atoms with E-state index < -0.39 is 0 Å². The molecule has 0 saturated carbocycles. The summed E-state index contributed by atoms with van der Waals surface area (Å²) >= 11 is 0. The lowest BCUT2D eigenvalue weighted by Crippen LogP contribution is -1.96. The van der Waals surface area contributed by atoms with Crippen LogP contribution in [0.3, 0.4) is 0 Å². The molecular weight excluding hydrogens is 120 g/mol. The topological polar surface area (TPSA) is 0 Å². The third-order valence-electron chi connectivity index (χ3n) is 1.94. The summed E-state index contributed by atoms with van der Waals surface area (Å²) in [6.45, 7) is 12.0. The van der Waals surface area contributed by atoms with Gasteiger partial charge in [0.25, 0.3) is 0 Å². The maximum atomic E-state index is 3.90. The van der Waals surface area contributed by atoms with Crippen LogP contribution in [0.1, 0.15) is 33.1 Å². The van der Waals surface area contributed by atoms with Gasteiger partial charge in [0.15, 0.2) is 0 Å². The first-order valence-corrected chi connectivity index (χ1v) is 3.98. The van der Waals surface area contributed by atoms with Gasteiger partial charge in [0.2, 0.25) is 0 Å². The Morgan fingerprint density at radius 2 is 2.20 bits per heavy atom. The average Bonchev–Trinajstić information content (AvgIpc) is 1.99. The summed E-state index contributed by atoms with van der Waals surface area (Å²) in [5, 5.41) is 0. The highest BCUT2D eigenvalue weighted by Gasteiger charge is 2.02. The Labute approximate surface area is 65.3 Å². The summed E-state index contributed by atoms with van der Waals surface area (Å²) < 4.78 is 0. The van der Waals surface area contributed by atoms with Crippen LogP contribution in [-0.4, -0.2) is 0 Å². The summed E-state index contributed by atoms with van der Waals surface area (Å²) in [4.78, 5) is 0. The molecular formula is C10H18. The third kappa shape index (κ3) is 3.71. The van der Waals surface area contributed by atoms with E-state index in [0.29, 0.717) is 0 Å². The monoisotopic (exact) mass is 138 g/mol. The fourth-order valence-corrected chi connectivity index (χ4v) is 0.989. The second kappa shape index (κ2) is 5.52. The van der Waals surface area contributed by atoms with Gasteiger partial charge in [-0.2, -0.15) is 0 Å². The van der Waals surface area contributed by atoms with Gasteiger partial charge < -0.3 is 0 Å². The fourth-order valence-electron chi connectivity index (χ4n) is 0.989. The molecule has 0 N–H and O–H groups in total. The Balaban J connectivity index is 3.63. The van der Waals surface area contributed by atoms with Gasteiger partial charge in [-0.15, -0.1) is 0 Å². The molecule has 0 saturated heterocycles. The van der Waals surface area contributed by atoms with E-state index in [9.17, 15) is 0 Å². The molecule has 0 rings (SSSR count). The van der Waals surface area contributed by atoms with Gasteiger partial charge in [-0.3, -0.25) is 0 Å². The van der Waals surface area contributed by atoms with Crippen molar-refractivity contribution >= 4 is 0 Å². The molecule has 0 spiro atoms. The van der Waals surface area contributed by atoms with E-state index in [4.69, 9.17) is 0 Å². The minimum Gasteiger partial charge on any atom is -0.0853 e. The molecule has 0 amide bonds. The van der Waals surface area contributed by atoms with Crippen LogP contribution >= 0.6 is 0 Å². The van der Waals surface area contributed by atoms with Crippen molar-refractivity contribution in [1.82, 2.24) is 0 Å². The van der Waals surface area contributed by atoms with Crippen molar-refractivity contribution < 1.29 is 0 Å². The van der Waals surface area contributed by atoms with Crippen LogP contribution in [0.5, 0.6) is 0 Å². The van der Waals surface area contributed by atoms with Gasteiger partial charge in [-0.05, 0) is 26.2 Å². The lowest BCUT2D eigenvalue weighted by Gasteiger charge is -2.11. The number of hydrogen-bond donors (Lipinski definition) is 0. The van der Waals surface area contributed by atoms with Crippen molar-refractivity contribution in [2.45, 2.75) is 33.1 Å². The highest BCUT2D eigenvalue weighted by atomic mass is 14.1. The molecule has 0 aliphatic rings. The van der Waals surface area contributed by atoms with Crippen LogP contribution in [0.4, 0.5) is 0 Å². The quantitative estimate of drug-likeness (QED) is 0.558. The van der Waals surface area contributed by atoms with E-state index in [0.717, 1.165) is 12.3 Å². The van der Waals surface area contributed by atoms with Crippen LogP contribution in [0, 0.1) is 19.8 Å². The second-order valence-electron chi connectivity index (χ2n) is 2.82. The van der Waals surface area contributed by atoms with Gasteiger partial charge in [0.05, 0.1) is 0 Å². The summed E-state index contributed by atoms with van der Waals surface area (Å²) in [6, 6.07) is 0. The SMILES string of the molecule is [CH2]/C=C(\C)CC(C[CH2])CC. The summed E-state index contributed by atoms with van der Waals surface area (Å²) in [6.07, 6.45) is 5.39. The lowest BCUT2D eigenvalue weighted by atomic mass is 9.95. The standard InChI is InChI=1S/C10H18/c1-5-9(4)8-10(6-2)7-3/h5,10H,1-2,6-8H2,3-4H3/b9-5+. The lowest BCUT2D eigenvalue weighted by molar-refractivity contribution is 0.510. The molecule has 1 atom stereocenters. The van der Waals surface area contributed by atoms with Gasteiger partial charge in [0.1, 0.15) is 0 Å². The fraction of sp³-hybridized carbons (Fsp3) is 0.600. The average molecular weight is 138 g/mol. The first-order chi connectivity index (χ1) is 4.74. The summed E-state index contributed by atoms with van der Waals surface area (Å²) in [5.74, 6) is 0.762. The van der Waals surface area contributed by atoms with Crippen LogP contribution in [0.15, 0.2) is 11.6 Å². The maximum Gasteiger partial charge on any atom is -0.0295 e. The molecule has 10 heavy (non-hydrogen) atoms. The zero-order valence-corrected chi connectivity index (χ0v) is 7.19. The summed E-state index contributed by atoms with van der Waals surface area (Å²) in [5.41, 5.74) is 1.38. The Kier molecular flexibility index (Phi) is 5.38. The van der Waals surface area contributed by atoms with E-state index in [1.165, 1.54) is 18.4 Å². The highest BCUT2D eigenvalue weighted by molar-refractivity contribution is 5.00. The predicted molar refractivity (Wildman–Crippen MR) is 47.5 cm³/mol. The number of hydrogen-bond acceptors (Lipinski definition) is 0. The largest absolute Gasteiger partial charge is 0.0853 e. The molecule has 0 bridgehead atoms. The van der Waals surface area contributed by atoms with Crippen molar-refractivity contribution in [1.29, 1.82) is 0 Å². The minimum atomic E-state index is 0.762. The first-order valence-electron chi connectivity index (χ1n) is 3.98.